The maximum Gasteiger partial charge on any atom is 0.129 e. The zero-order valence-corrected chi connectivity index (χ0v) is 11.4. The summed E-state index contributed by atoms with van der Waals surface area (Å²) in [5, 5.41) is 0. The lowest BCUT2D eigenvalue weighted by molar-refractivity contribution is 0.566. The van der Waals surface area contributed by atoms with Gasteiger partial charge in [-0.25, -0.2) is 13.2 Å². The molecule has 1 atom stereocenters. The number of nitrogens with two attached hydrogens (primary N) is 1. The molecule has 0 radical (unpaired) electrons. The van der Waals surface area contributed by atoms with Gasteiger partial charge in [-0.05, 0) is 36.2 Å². The second kappa shape index (κ2) is 5.75. The second-order valence-electron chi connectivity index (χ2n) is 4.25. The highest BCUT2D eigenvalue weighted by Gasteiger charge is 2.13. The van der Waals surface area contributed by atoms with E-state index in [0.29, 0.717) is 15.6 Å². The first-order chi connectivity index (χ1) is 8.95. The number of hydrogen-bond donors (Lipinski definition) is 1. The standard InChI is InChI=1S/C14H11BrF3N/c15-9-1-2-12(13(18)6-9)14(19)5-8-3-10(16)7-11(17)4-8/h1-4,6-7,14H,5,19H2. The Balaban J connectivity index is 2.22. The van der Waals surface area contributed by atoms with E-state index in [0.717, 1.165) is 6.07 Å². The van der Waals surface area contributed by atoms with E-state index in [1.807, 2.05) is 0 Å². The molecule has 19 heavy (non-hydrogen) atoms. The maximum atomic E-state index is 13.7. The SMILES string of the molecule is NC(Cc1cc(F)cc(F)c1)c1ccc(Br)cc1F. The zero-order valence-electron chi connectivity index (χ0n) is 9.84. The molecule has 2 N–H and O–H groups in total. The summed E-state index contributed by atoms with van der Waals surface area (Å²) in [6.45, 7) is 0. The van der Waals surface area contributed by atoms with E-state index < -0.39 is 23.5 Å². The zero-order chi connectivity index (χ0) is 14.0. The number of rotatable bonds is 3. The molecule has 0 aliphatic carbocycles. The molecule has 2 aromatic carbocycles. The monoisotopic (exact) mass is 329 g/mol. The lowest BCUT2D eigenvalue weighted by Crippen LogP contribution is -2.15. The van der Waals surface area contributed by atoms with Gasteiger partial charge in [0, 0.05) is 22.1 Å². The number of halogens is 4. The lowest BCUT2D eigenvalue weighted by Gasteiger charge is -2.13. The van der Waals surface area contributed by atoms with Gasteiger partial charge in [-0.1, -0.05) is 22.0 Å². The Morgan fingerprint density at radius 2 is 1.63 bits per heavy atom. The van der Waals surface area contributed by atoms with Crippen LogP contribution in [0, 0.1) is 17.5 Å². The van der Waals surface area contributed by atoms with Crippen LogP contribution in [0.5, 0.6) is 0 Å². The van der Waals surface area contributed by atoms with E-state index in [9.17, 15) is 13.2 Å². The van der Waals surface area contributed by atoms with E-state index in [1.165, 1.54) is 18.2 Å². The average Bonchev–Trinajstić information content (AvgIpc) is 2.26. The van der Waals surface area contributed by atoms with Crippen LogP contribution in [0.3, 0.4) is 0 Å². The van der Waals surface area contributed by atoms with Crippen LogP contribution in [0.15, 0.2) is 40.9 Å². The van der Waals surface area contributed by atoms with E-state index in [-0.39, 0.29) is 6.42 Å². The van der Waals surface area contributed by atoms with Crippen LogP contribution >= 0.6 is 15.9 Å². The van der Waals surface area contributed by atoms with Crippen LogP contribution in [0.4, 0.5) is 13.2 Å². The van der Waals surface area contributed by atoms with Gasteiger partial charge in [-0.2, -0.15) is 0 Å². The topological polar surface area (TPSA) is 26.0 Å². The van der Waals surface area contributed by atoms with Crippen molar-refractivity contribution in [2.45, 2.75) is 12.5 Å². The van der Waals surface area contributed by atoms with E-state index in [1.54, 1.807) is 12.1 Å². The van der Waals surface area contributed by atoms with Crippen molar-refractivity contribution < 1.29 is 13.2 Å². The van der Waals surface area contributed by atoms with Crippen molar-refractivity contribution in [3.05, 3.63) is 69.4 Å². The highest BCUT2D eigenvalue weighted by Crippen LogP contribution is 2.23. The molecular formula is C14H11BrF3N. The Hall–Kier alpha value is -1.33. The summed E-state index contributed by atoms with van der Waals surface area (Å²) in [5.41, 5.74) is 6.59. The van der Waals surface area contributed by atoms with Gasteiger partial charge in [0.2, 0.25) is 0 Å². The molecule has 0 saturated heterocycles. The van der Waals surface area contributed by atoms with Gasteiger partial charge in [-0.3, -0.25) is 0 Å². The molecule has 100 valence electrons. The highest BCUT2D eigenvalue weighted by molar-refractivity contribution is 9.10. The van der Waals surface area contributed by atoms with Crippen LogP contribution in [0.25, 0.3) is 0 Å². The van der Waals surface area contributed by atoms with E-state index >= 15 is 0 Å². The summed E-state index contributed by atoms with van der Waals surface area (Å²) in [4.78, 5) is 0. The molecular weight excluding hydrogens is 319 g/mol. The minimum Gasteiger partial charge on any atom is -0.324 e. The van der Waals surface area contributed by atoms with E-state index in [4.69, 9.17) is 5.73 Å². The summed E-state index contributed by atoms with van der Waals surface area (Å²) in [5.74, 6) is -1.78. The minimum atomic E-state index is -0.668. The molecule has 0 aliphatic rings. The van der Waals surface area contributed by atoms with Gasteiger partial charge in [0.1, 0.15) is 17.5 Å². The summed E-state index contributed by atoms with van der Waals surface area (Å²) < 4.78 is 40.4. The van der Waals surface area contributed by atoms with Crippen molar-refractivity contribution in [1.82, 2.24) is 0 Å². The van der Waals surface area contributed by atoms with Crippen molar-refractivity contribution >= 4 is 15.9 Å². The van der Waals surface area contributed by atoms with Gasteiger partial charge in [0.05, 0.1) is 0 Å². The lowest BCUT2D eigenvalue weighted by atomic mass is 9.99. The smallest absolute Gasteiger partial charge is 0.129 e. The molecule has 1 unspecified atom stereocenters. The van der Waals surface area contributed by atoms with Gasteiger partial charge in [-0.15, -0.1) is 0 Å². The third-order valence-corrected chi connectivity index (χ3v) is 3.23. The summed E-state index contributed by atoms with van der Waals surface area (Å²) in [6, 6.07) is 7.05. The molecule has 0 amide bonds. The van der Waals surface area contributed by atoms with Crippen molar-refractivity contribution in [3.8, 4) is 0 Å². The Morgan fingerprint density at radius 3 is 2.21 bits per heavy atom. The predicted octanol–water partition coefficient (Wildman–Crippen LogP) is 4.11. The fourth-order valence-corrected chi connectivity index (χ4v) is 2.23. The largest absolute Gasteiger partial charge is 0.324 e. The fraction of sp³-hybridized carbons (Fsp3) is 0.143. The first-order valence-corrected chi connectivity index (χ1v) is 6.40. The normalized spacial score (nSPS) is 12.5. The summed E-state index contributed by atoms with van der Waals surface area (Å²) >= 11 is 3.15. The Kier molecular flexibility index (Phi) is 4.27. The molecule has 0 bridgehead atoms. The fourth-order valence-electron chi connectivity index (χ4n) is 1.89. The third kappa shape index (κ3) is 3.58. The van der Waals surface area contributed by atoms with Crippen LogP contribution < -0.4 is 5.73 Å². The molecule has 0 aromatic heterocycles. The van der Waals surface area contributed by atoms with Crippen molar-refractivity contribution in [1.29, 1.82) is 0 Å². The molecule has 0 aliphatic heterocycles. The van der Waals surface area contributed by atoms with Crippen LogP contribution in [-0.4, -0.2) is 0 Å². The molecule has 0 heterocycles. The first-order valence-electron chi connectivity index (χ1n) is 5.61. The molecule has 0 spiro atoms. The quantitative estimate of drug-likeness (QED) is 0.901. The average molecular weight is 330 g/mol. The van der Waals surface area contributed by atoms with Crippen molar-refractivity contribution in [2.24, 2.45) is 5.73 Å². The number of hydrogen-bond acceptors (Lipinski definition) is 1. The summed E-state index contributed by atoms with van der Waals surface area (Å²) in [7, 11) is 0. The minimum absolute atomic E-state index is 0.160. The Morgan fingerprint density at radius 1 is 1.00 bits per heavy atom. The van der Waals surface area contributed by atoms with Gasteiger partial charge < -0.3 is 5.73 Å². The Labute approximate surface area is 117 Å². The van der Waals surface area contributed by atoms with Crippen LogP contribution in [0.1, 0.15) is 17.2 Å². The van der Waals surface area contributed by atoms with Gasteiger partial charge in [0.25, 0.3) is 0 Å². The predicted molar refractivity (Wildman–Crippen MR) is 71.1 cm³/mol. The first kappa shape index (κ1) is 14.1. The molecule has 2 aromatic rings. The van der Waals surface area contributed by atoms with Crippen LogP contribution in [-0.2, 0) is 6.42 Å². The van der Waals surface area contributed by atoms with Gasteiger partial charge in [0.15, 0.2) is 0 Å². The highest BCUT2D eigenvalue weighted by atomic mass is 79.9. The molecule has 0 fully saturated rings. The molecule has 5 heteroatoms. The van der Waals surface area contributed by atoms with Gasteiger partial charge >= 0.3 is 0 Å². The second-order valence-corrected chi connectivity index (χ2v) is 5.17. The number of benzene rings is 2. The van der Waals surface area contributed by atoms with Crippen molar-refractivity contribution in [2.75, 3.05) is 0 Å². The Bertz CT molecular complexity index is 581. The third-order valence-electron chi connectivity index (χ3n) is 2.74. The molecule has 0 saturated carbocycles. The van der Waals surface area contributed by atoms with Crippen LogP contribution in [0.2, 0.25) is 0 Å². The summed E-state index contributed by atoms with van der Waals surface area (Å²) in [6.07, 6.45) is 0.160. The van der Waals surface area contributed by atoms with Crippen molar-refractivity contribution in [3.63, 3.8) is 0 Å². The molecule has 1 nitrogen and oxygen atoms in total. The van der Waals surface area contributed by atoms with E-state index in [2.05, 4.69) is 15.9 Å². The maximum absolute atomic E-state index is 13.7. The molecule has 2 rings (SSSR count).